The molecule has 4 nitrogen and oxygen atoms in total. The Morgan fingerprint density at radius 1 is 1.50 bits per heavy atom. The lowest BCUT2D eigenvalue weighted by Gasteiger charge is -2.18. The summed E-state index contributed by atoms with van der Waals surface area (Å²) in [6.07, 6.45) is 0.753. The summed E-state index contributed by atoms with van der Waals surface area (Å²) >= 11 is 5.85. The number of amides is 1. The lowest BCUT2D eigenvalue weighted by atomic mass is 10.1. The number of phenolic OH excluding ortho intramolecular Hbond substituents is 1. The molecule has 1 aliphatic heterocycles. The van der Waals surface area contributed by atoms with E-state index in [1.807, 2.05) is 4.90 Å². The van der Waals surface area contributed by atoms with Crippen LogP contribution in [0, 0.1) is 5.92 Å². The van der Waals surface area contributed by atoms with Crippen LogP contribution in [0.3, 0.4) is 0 Å². The number of primary amides is 1. The molecule has 0 aromatic heterocycles. The summed E-state index contributed by atoms with van der Waals surface area (Å²) in [7, 11) is 0. The van der Waals surface area contributed by atoms with E-state index < -0.39 is 0 Å². The highest BCUT2D eigenvalue weighted by Crippen LogP contribution is 2.29. The minimum atomic E-state index is -0.270. The summed E-state index contributed by atoms with van der Waals surface area (Å²) in [5.41, 5.74) is 6.08. The van der Waals surface area contributed by atoms with Gasteiger partial charge >= 0.3 is 0 Å². The van der Waals surface area contributed by atoms with Gasteiger partial charge in [-0.25, -0.2) is 0 Å². The standard InChI is InChI=1S/C11H13ClN2O2/c12-8-3-9(5-10(15)4-8)14-2-1-7(6-14)11(13)16/h3-5,7,15H,1-2,6H2,(H2,13,16). The van der Waals surface area contributed by atoms with E-state index in [1.165, 1.54) is 6.07 Å². The molecule has 1 aliphatic rings. The molecule has 1 atom stereocenters. The topological polar surface area (TPSA) is 66.6 Å². The molecule has 0 aliphatic carbocycles. The molecule has 0 bridgehead atoms. The van der Waals surface area contributed by atoms with Crippen molar-refractivity contribution in [1.82, 2.24) is 0 Å². The number of nitrogens with zero attached hydrogens (tertiary/aromatic N) is 1. The van der Waals surface area contributed by atoms with Crippen LogP contribution in [0.4, 0.5) is 5.69 Å². The molecule has 1 heterocycles. The van der Waals surface area contributed by atoms with Crippen molar-refractivity contribution in [1.29, 1.82) is 0 Å². The lowest BCUT2D eigenvalue weighted by Crippen LogP contribution is -2.27. The smallest absolute Gasteiger partial charge is 0.222 e. The van der Waals surface area contributed by atoms with Crippen molar-refractivity contribution in [2.24, 2.45) is 11.7 Å². The largest absolute Gasteiger partial charge is 0.508 e. The Kier molecular flexibility index (Phi) is 2.92. The second-order valence-electron chi connectivity index (χ2n) is 4.00. The van der Waals surface area contributed by atoms with E-state index >= 15 is 0 Å². The number of halogens is 1. The number of benzene rings is 1. The molecule has 5 heteroatoms. The first-order chi connectivity index (χ1) is 7.56. The number of rotatable bonds is 2. The predicted octanol–water partition coefficient (Wildman–Crippen LogP) is 1.36. The summed E-state index contributed by atoms with van der Waals surface area (Å²) in [6.45, 7) is 1.35. The van der Waals surface area contributed by atoms with Gasteiger partial charge in [0.05, 0.1) is 5.92 Å². The van der Waals surface area contributed by atoms with Gasteiger partial charge in [0.1, 0.15) is 5.75 Å². The fourth-order valence-electron chi connectivity index (χ4n) is 1.97. The molecule has 1 unspecified atom stereocenters. The summed E-state index contributed by atoms with van der Waals surface area (Å²) in [5.74, 6) is -0.250. The molecule has 0 spiro atoms. The van der Waals surface area contributed by atoms with E-state index in [0.29, 0.717) is 11.6 Å². The molecule has 1 aromatic rings. The summed E-state index contributed by atoms with van der Waals surface area (Å²) in [6, 6.07) is 4.88. The fraction of sp³-hybridized carbons (Fsp3) is 0.364. The molecule has 0 radical (unpaired) electrons. The minimum absolute atomic E-state index is 0.110. The molecule has 0 saturated carbocycles. The average molecular weight is 241 g/mol. The van der Waals surface area contributed by atoms with E-state index in [-0.39, 0.29) is 17.6 Å². The van der Waals surface area contributed by atoms with Gasteiger partial charge in [-0.05, 0) is 18.6 Å². The van der Waals surface area contributed by atoms with Gasteiger partial charge in [-0.2, -0.15) is 0 Å². The van der Waals surface area contributed by atoms with Gasteiger partial charge in [0.2, 0.25) is 5.91 Å². The Balaban J connectivity index is 2.17. The quantitative estimate of drug-likeness (QED) is 0.820. The third-order valence-corrected chi connectivity index (χ3v) is 3.04. The second-order valence-corrected chi connectivity index (χ2v) is 4.44. The molecule has 1 aromatic carbocycles. The summed E-state index contributed by atoms with van der Waals surface area (Å²) in [4.78, 5) is 13.0. The zero-order valence-corrected chi connectivity index (χ0v) is 9.44. The molecule has 16 heavy (non-hydrogen) atoms. The van der Waals surface area contributed by atoms with Crippen molar-refractivity contribution in [3.63, 3.8) is 0 Å². The van der Waals surface area contributed by atoms with Crippen molar-refractivity contribution < 1.29 is 9.90 Å². The normalized spacial score (nSPS) is 20.1. The van der Waals surface area contributed by atoms with Gasteiger partial charge < -0.3 is 15.7 Å². The maximum absolute atomic E-state index is 11.0. The van der Waals surface area contributed by atoms with Crippen molar-refractivity contribution >= 4 is 23.2 Å². The molecule has 1 fully saturated rings. The number of aromatic hydroxyl groups is 1. The molecular formula is C11H13ClN2O2. The Hall–Kier alpha value is -1.42. The lowest BCUT2D eigenvalue weighted by molar-refractivity contribution is -0.121. The molecule has 1 amide bonds. The zero-order chi connectivity index (χ0) is 11.7. The van der Waals surface area contributed by atoms with Crippen LogP contribution in [-0.4, -0.2) is 24.1 Å². The van der Waals surface area contributed by atoms with Crippen LogP contribution < -0.4 is 10.6 Å². The fourth-order valence-corrected chi connectivity index (χ4v) is 2.19. The summed E-state index contributed by atoms with van der Waals surface area (Å²) < 4.78 is 0. The van der Waals surface area contributed by atoms with Crippen molar-refractivity contribution in [2.75, 3.05) is 18.0 Å². The third kappa shape index (κ3) is 2.22. The van der Waals surface area contributed by atoms with Crippen LogP contribution in [0.5, 0.6) is 5.75 Å². The number of carbonyl (C=O) groups is 1. The molecular weight excluding hydrogens is 228 g/mol. The Morgan fingerprint density at radius 3 is 2.81 bits per heavy atom. The minimum Gasteiger partial charge on any atom is -0.508 e. The average Bonchev–Trinajstić information content (AvgIpc) is 2.64. The van der Waals surface area contributed by atoms with Crippen LogP contribution in [-0.2, 0) is 4.79 Å². The van der Waals surface area contributed by atoms with Crippen LogP contribution in [0.2, 0.25) is 5.02 Å². The zero-order valence-electron chi connectivity index (χ0n) is 8.69. The molecule has 2 rings (SSSR count). The summed E-state index contributed by atoms with van der Waals surface area (Å²) in [5, 5.41) is 9.91. The predicted molar refractivity (Wildman–Crippen MR) is 62.6 cm³/mol. The SMILES string of the molecule is NC(=O)C1CCN(c2cc(O)cc(Cl)c2)C1. The van der Waals surface area contributed by atoms with Crippen molar-refractivity contribution in [2.45, 2.75) is 6.42 Å². The number of phenols is 1. The highest BCUT2D eigenvalue weighted by Gasteiger charge is 2.26. The second kappa shape index (κ2) is 4.22. The van der Waals surface area contributed by atoms with Gasteiger partial charge in [-0.15, -0.1) is 0 Å². The van der Waals surface area contributed by atoms with Gasteiger partial charge in [-0.1, -0.05) is 11.6 Å². The van der Waals surface area contributed by atoms with Gasteiger partial charge in [-0.3, -0.25) is 4.79 Å². The van der Waals surface area contributed by atoms with Crippen LogP contribution in [0.1, 0.15) is 6.42 Å². The first-order valence-corrected chi connectivity index (χ1v) is 5.48. The van der Waals surface area contributed by atoms with Gasteiger partial charge in [0, 0.05) is 29.9 Å². The van der Waals surface area contributed by atoms with Crippen LogP contribution >= 0.6 is 11.6 Å². The van der Waals surface area contributed by atoms with Crippen molar-refractivity contribution in [3.8, 4) is 5.75 Å². The first-order valence-electron chi connectivity index (χ1n) is 5.10. The van der Waals surface area contributed by atoms with Crippen LogP contribution in [0.25, 0.3) is 0 Å². The van der Waals surface area contributed by atoms with Gasteiger partial charge in [0.25, 0.3) is 0 Å². The maximum atomic E-state index is 11.0. The highest BCUT2D eigenvalue weighted by molar-refractivity contribution is 6.31. The van der Waals surface area contributed by atoms with Crippen LogP contribution in [0.15, 0.2) is 18.2 Å². The highest BCUT2D eigenvalue weighted by atomic mass is 35.5. The van der Waals surface area contributed by atoms with E-state index in [1.54, 1.807) is 12.1 Å². The number of hydrogen-bond donors (Lipinski definition) is 2. The molecule has 86 valence electrons. The van der Waals surface area contributed by atoms with E-state index in [4.69, 9.17) is 17.3 Å². The first kappa shape index (κ1) is 11.1. The van der Waals surface area contributed by atoms with E-state index in [2.05, 4.69) is 0 Å². The van der Waals surface area contributed by atoms with E-state index in [0.717, 1.165) is 18.7 Å². The Labute approximate surface area is 98.6 Å². The molecule has 1 saturated heterocycles. The Morgan fingerprint density at radius 2 is 2.25 bits per heavy atom. The van der Waals surface area contributed by atoms with E-state index in [9.17, 15) is 9.90 Å². The Bertz CT molecular complexity index is 402. The van der Waals surface area contributed by atoms with Gasteiger partial charge in [0.15, 0.2) is 0 Å². The number of nitrogens with two attached hydrogens (primary N) is 1. The number of hydrogen-bond acceptors (Lipinski definition) is 3. The molecule has 3 N–H and O–H groups in total. The monoisotopic (exact) mass is 240 g/mol. The number of carbonyl (C=O) groups excluding carboxylic acids is 1. The third-order valence-electron chi connectivity index (χ3n) is 2.82. The number of anilines is 1. The van der Waals surface area contributed by atoms with Crippen molar-refractivity contribution in [3.05, 3.63) is 23.2 Å². The maximum Gasteiger partial charge on any atom is 0.222 e.